The van der Waals surface area contributed by atoms with Gasteiger partial charge in [-0.05, 0) is 31.5 Å². The summed E-state index contributed by atoms with van der Waals surface area (Å²) in [4.78, 5) is 26.3. The number of nitrogens with one attached hydrogen (secondary N) is 1. The van der Waals surface area contributed by atoms with Crippen molar-refractivity contribution in [2.75, 3.05) is 19.6 Å². The number of benzene rings is 2. The van der Waals surface area contributed by atoms with E-state index >= 15 is 0 Å². The van der Waals surface area contributed by atoms with E-state index in [1.807, 2.05) is 38.1 Å². The van der Waals surface area contributed by atoms with Gasteiger partial charge in [0.25, 0.3) is 5.91 Å². The molecule has 0 atom stereocenters. The lowest BCUT2D eigenvalue weighted by Crippen LogP contribution is -2.40. The van der Waals surface area contributed by atoms with Gasteiger partial charge >= 0.3 is 0 Å². The third kappa shape index (κ3) is 4.24. The maximum atomic E-state index is 13.0. The maximum absolute atomic E-state index is 13.0. The van der Waals surface area contributed by atoms with E-state index < -0.39 is 0 Å². The van der Waals surface area contributed by atoms with Crippen LogP contribution in [0.5, 0.6) is 0 Å². The zero-order valence-corrected chi connectivity index (χ0v) is 14.5. The Balaban J connectivity index is 2.41. The minimum Gasteiger partial charge on any atom is -0.355 e. The predicted molar refractivity (Wildman–Crippen MR) is 96.9 cm³/mol. The van der Waals surface area contributed by atoms with Gasteiger partial charge in [0, 0.05) is 24.2 Å². The van der Waals surface area contributed by atoms with Crippen LogP contribution in [0.4, 0.5) is 0 Å². The fourth-order valence-electron chi connectivity index (χ4n) is 2.64. The lowest BCUT2D eigenvalue weighted by molar-refractivity contribution is -0.121. The first kappa shape index (κ1) is 18.2. The Labute approximate surface area is 147 Å². The number of carbonyl (C=O) groups excluding carboxylic acids is 2. The van der Waals surface area contributed by atoms with Crippen LogP contribution in [0.3, 0.4) is 0 Å². The van der Waals surface area contributed by atoms with E-state index in [9.17, 15) is 14.9 Å². The van der Waals surface area contributed by atoms with Gasteiger partial charge in [0.15, 0.2) is 0 Å². The van der Waals surface area contributed by atoms with Crippen LogP contribution in [0.15, 0.2) is 48.5 Å². The molecule has 0 bridgehead atoms. The predicted octanol–water partition coefficient (Wildman–Crippen LogP) is 2.82. The minimum absolute atomic E-state index is 0.0113. The van der Waals surface area contributed by atoms with Gasteiger partial charge in [-0.1, -0.05) is 36.4 Å². The second-order valence-corrected chi connectivity index (χ2v) is 5.48. The van der Waals surface area contributed by atoms with Crippen molar-refractivity contribution in [1.82, 2.24) is 10.2 Å². The largest absolute Gasteiger partial charge is 0.355 e. The van der Waals surface area contributed by atoms with Crippen molar-refractivity contribution in [2.24, 2.45) is 0 Å². The van der Waals surface area contributed by atoms with Gasteiger partial charge in [0.2, 0.25) is 5.91 Å². The first-order chi connectivity index (χ1) is 12.1. The molecule has 1 N–H and O–H groups in total. The summed E-state index contributed by atoms with van der Waals surface area (Å²) in [6.45, 7) is 4.63. The van der Waals surface area contributed by atoms with Crippen LogP contribution >= 0.6 is 0 Å². The van der Waals surface area contributed by atoms with Crippen molar-refractivity contribution < 1.29 is 9.59 Å². The second kappa shape index (κ2) is 8.65. The summed E-state index contributed by atoms with van der Waals surface area (Å²) >= 11 is 0. The van der Waals surface area contributed by atoms with Gasteiger partial charge in [0.05, 0.1) is 18.2 Å². The van der Waals surface area contributed by atoms with Gasteiger partial charge < -0.3 is 10.2 Å². The highest BCUT2D eigenvalue weighted by molar-refractivity contribution is 6.02. The highest BCUT2D eigenvalue weighted by Crippen LogP contribution is 2.27. The number of rotatable bonds is 6. The molecule has 2 aromatic carbocycles. The molecule has 0 saturated carbocycles. The SMILES string of the molecule is CCNC(=O)CN(CC)C(=O)c1ccccc1-c1ccccc1C#N. The number of amides is 2. The van der Waals surface area contributed by atoms with E-state index in [0.29, 0.717) is 35.3 Å². The highest BCUT2D eigenvalue weighted by Gasteiger charge is 2.21. The third-order valence-electron chi connectivity index (χ3n) is 3.87. The summed E-state index contributed by atoms with van der Waals surface area (Å²) in [6, 6.07) is 16.5. The van der Waals surface area contributed by atoms with Crippen LogP contribution in [0, 0.1) is 11.3 Å². The number of nitriles is 1. The third-order valence-corrected chi connectivity index (χ3v) is 3.87. The maximum Gasteiger partial charge on any atom is 0.254 e. The lowest BCUT2D eigenvalue weighted by Gasteiger charge is -2.22. The Morgan fingerprint density at radius 1 is 1.04 bits per heavy atom. The average molecular weight is 335 g/mol. The normalized spacial score (nSPS) is 9.96. The zero-order chi connectivity index (χ0) is 18.2. The molecular weight excluding hydrogens is 314 g/mol. The Morgan fingerprint density at radius 2 is 1.68 bits per heavy atom. The Bertz CT molecular complexity index is 809. The highest BCUT2D eigenvalue weighted by atomic mass is 16.2. The molecule has 0 aliphatic heterocycles. The van der Waals surface area contributed by atoms with Gasteiger partial charge in [0.1, 0.15) is 0 Å². The monoisotopic (exact) mass is 335 g/mol. The number of likely N-dealkylation sites (N-methyl/N-ethyl adjacent to an activating group) is 2. The number of hydrogen-bond donors (Lipinski definition) is 1. The molecule has 2 rings (SSSR count). The topological polar surface area (TPSA) is 73.2 Å². The molecule has 0 unspecified atom stereocenters. The molecule has 0 aromatic heterocycles. The number of nitrogens with zero attached hydrogens (tertiary/aromatic N) is 2. The molecule has 0 radical (unpaired) electrons. The molecule has 0 aliphatic carbocycles. The van der Waals surface area contributed by atoms with Crippen LogP contribution in [0.25, 0.3) is 11.1 Å². The van der Waals surface area contributed by atoms with E-state index in [0.717, 1.165) is 0 Å². The van der Waals surface area contributed by atoms with Crippen molar-refractivity contribution in [1.29, 1.82) is 5.26 Å². The summed E-state index contributed by atoms with van der Waals surface area (Å²) in [5.41, 5.74) is 2.40. The molecule has 0 heterocycles. The van der Waals surface area contributed by atoms with Crippen molar-refractivity contribution >= 4 is 11.8 Å². The Hall–Kier alpha value is -3.13. The van der Waals surface area contributed by atoms with Crippen molar-refractivity contribution in [3.05, 3.63) is 59.7 Å². The summed E-state index contributed by atoms with van der Waals surface area (Å²) < 4.78 is 0. The Morgan fingerprint density at radius 3 is 2.32 bits per heavy atom. The molecule has 128 valence electrons. The van der Waals surface area contributed by atoms with E-state index in [-0.39, 0.29) is 18.4 Å². The minimum atomic E-state index is -0.225. The molecule has 0 saturated heterocycles. The molecule has 0 aliphatic rings. The molecule has 2 aromatic rings. The number of hydrogen-bond acceptors (Lipinski definition) is 3. The van der Waals surface area contributed by atoms with E-state index in [1.165, 1.54) is 4.90 Å². The average Bonchev–Trinajstić information content (AvgIpc) is 2.65. The van der Waals surface area contributed by atoms with Crippen LogP contribution < -0.4 is 5.32 Å². The molecule has 5 nitrogen and oxygen atoms in total. The van der Waals surface area contributed by atoms with E-state index in [2.05, 4.69) is 11.4 Å². The lowest BCUT2D eigenvalue weighted by atomic mass is 9.95. The molecule has 2 amide bonds. The van der Waals surface area contributed by atoms with Gasteiger partial charge in [-0.15, -0.1) is 0 Å². The second-order valence-electron chi connectivity index (χ2n) is 5.48. The molecule has 5 heteroatoms. The van der Waals surface area contributed by atoms with Crippen LogP contribution in [-0.4, -0.2) is 36.3 Å². The summed E-state index contributed by atoms with van der Waals surface area (Å²) in [5.74, 6) is -0.412. The summed E-state index contributed by atoms with van der Waals surface area (Å²) in [6.07, 6.45) is 0. The summed E-state index contributed by atoms with van der Waals surface area (Å²) in [5, 5.41) is 12.0. The van der Waals surface area contributed by atoms with Crippen molar-refractivity contribution in [3.63, 3.8) is 0 Å². The van der Waals surface area contributed by atoms with Crippen LogP contribution in [0.2, 0.25) is 0 Å². The Kier molecular flexibility index (Phi) is 6.30. The van der Waals surface area contributed by atoms with Crippen molar-refractivity contribution in [2.45, 2.75) is 13.8 Å². The quantitative estimate of drug-likeness (QED) is 0.882. The van der Waals surface area contributed by atoms with E-state index in [4.69, 9.17) is 0 Å². The fraction of sp³-hybridized carbons (Fsp3) is 0.250. The van der Waals surface area contributed by atoms with Gasteiger partial charge in [-0.2, -0.15) is 5.26 Å². The fourth-order valence-corrected chi connectivity index (χ4v) is 2.64. The van der Waals surface area contributed by atoms with Crippen molar-refractivity contribution in [3.8, 4) is 17.2 Å². The summed E-state index contributed by atoms with van der Waals surface area (Å²) in [7, 11) is 0. The molecule has 0 fully saturated rings. The zero-order valence-electron chi connectivity index (χ0n) is 14.5. The molecule has 25 heavy (non-hydrogen) atoms. The standard InChI is InChI=1S/C20H21N3O2/c1-3-22-19(24)14-23(4-2)20(25)18-12-8-7-11-17(18)16-10-6-5-9-15(16)13-21/h5-12H,3-4,14H2,1-2H3,(H,22,24). The van der Waals surface area contributed by atoms with E-state index in [1.54, 1.807) is 24.3 Å². The van der Waals surface area contributed by atoms with Gasteiger partial charge in [-0.25, -0.2) is 0 Å². The number of carbonyl (C=O) groups is 2. The van der Waals surface area contributed by atoms with Gasteiger partial charge in [-0.3, -0.25) is 9.59 Å². The van der Waals surface area contributed by atoms with Crippen LogP contribution in [-0.2, 0) is 4.79 Å². The first-order valence-electron chi connectivity index (χ1n) is 8.26. The molecular formula is C20H21N3O2. The first-order valence-corrected chi connectivity index (χ1v) is 8.26. The molecule has 0 spiro atoms. The van der Waals surface area contributed by atoms with Crippen LogP contribution in [0.1, 0.15) is 29.8 Å². The smallest absolute Gasteiger partial charge is 0.254 e.